The van der Waals surface area contributed by atoms with Crippen molar-refractivity contribution in [2.24, 2.45) is 0 Å². The van der Waals surface area contributed by atoms with Crippen LogP contribution in [0.3, 0.4) is 0 Å². The van der Waals surface area contributed by atoms with Crippen LogP contribution < -0.4 is 0 Å². The fourth-order valence-corrected chi connectivity index (χ4v) is 2.77. The molecule has 0 atom stereocenters. The van der Waals surface area contributed by atoms with Gasteiger partial charge in [0.2, 0.25) is 0 Å². The maximum atomic E-state index is 8.96. The average Bonchev–Trinajstić information content (AvgIpc) is 2.18. The number of benzene rings is 1. The third-order valence-corrected chi connectivity index (χ3v) is 3.65. The Morgan fingerprint density at radius 3 is 2.93 bits per heavy atom. The van der Waals surface area contributed by atoms with Gasteiger partial charge in [-0.25, -0.2) is 0 Å². The van der Waals surface area contributed by atoms with E-state index in [0.717, 1.165) is 20.7 Å². The summed E-state index contributed by atoms with van der Waals surface area (Å²) in [6, 6.07) is 8.10. The standard InChI is InChI=1S/C11H12BrNS/c1-2-3-7-14-11-6-4-5-10(12)9(11)8-13/h4-6H,2-3,7H2,1H3. The van der Waals surface area contributed by atoms with Gasteiger partial charge in [-0.2, -0.15) is 5.26 Å². The van der Waals surface area contributed by atoms with Crippen molar-refractivity contribution in [1.82, 2.24) is 0 Å². The summed E-state index contributed by atoms with van der Waals surface area (Å²) in [7, 11) is 0. The highest BCUT2D eigenvalue weighted by molar-refractivity contribution is 9.10. The van der Waals surface area contributed by atoms with Crippen molar-refractivity contribution in [2.45, 2.75) is 24.7 Å². The number of hydrogen-bond acceptors (Lipinski definition) is 2. The molecule has 1 nitrogen and oxygen atoms in total. The van der Waals surface area contributed by atoms with Gasteiger partial charge < -0.3 is 0 Å². The molecule has 1 rings (SSSR count). The second-order valence-corrected chi connectivity index (χ2v) is 4.92. The Hall–Kier alpha value is -0.460. The molecule has 0 fully saturated rings. The molecule has 0 saturated heterocycles. The van der Waals surface area contributed by atoms with Gasteiger partial charge in [-0.3, -0.25) is 0 Å². The third-order valence-electron chi connectivity index (χ3n) is 1.84. The Morgan fingerprint density at radius 1 is 1.50 bits per heavy atom. The molecule has 0 N–H and O–H groups in total. The summed E-state index contributed by atoms with van der Waals surface area (Å²) in [5.74, 6) is 1.08. The molecule has 0 bridgehead atoms. The number of thioether (sulfide) groups is 1. The number of hydrogen-bond donors (Lipinski definition) is 0. The van der Waals surface area contributed by atoms with E-state index in [1.807, 2.05) is 18.2 Å². The fraction of sp³-hybridized carbons (Fsp3) is 0.364. The van der Waals surface area contributed by atoms with Gasteiger partial charge in [0.15, 0.2) is 0 Å². The zero-order valence-corrected chi connectivity index (χ0v) is 10.5. The molecule has 74 valence electrons. The van der Waals surface area contributed by atoms with Crippen LogP contribution in [-0.2, 0) is 0 Å². The molecule has 3 heteroatoms. The zero-order chi connectivity index (χ0) is 10.4. The molecule has 0 spiro atoms. The number of nitriles is 1. The maximum absolute atomic E-state index is 8.96. The Kier molecular flexibility index (Phi) is 5.06. The van der Waals surface area contributed by atoms with E-state index in [2.05, 4.69) is 28.9 Å². The van der Waals surface area contributed by atoms with E-state index in [1.165, 1.54) is 12.8 Å². The zero-order valence-electron chi connectivity index (χ0n) is 8.09. The highest BCUT2D eigenvalue weighted by Gasteiger charge is 2.05. The van der Waals surface area contributed by atoms with Crippen LogP contribution in [0, 0.1) is 11.3 Å². The molecule has 0 aliphatic carbocycles. The van der Waals surface area contributed by atoms with Gasteiger partial charge in [-0.05, 0) is 40.2 Å². The van der Waals surface area contributed by atoms with Crippen LogP contribution in [-0.4, -0.2) is 5.75 Å². The Balaban J connectivity index is 2.76. The topological polar surface area (TPSA) is 23.8 Å². The molecule has 0 aromatic heterocycles. The minimum atomic E-state index is 0.758. The first-order chi connectivity index (χ1) is 6.79. The van der Waals surface area contributed by atoms with E-state index in [-0.39, 0.29) is 0 Å². The van der Waals surface area contributed by atoms with Crippen LogP contribution in [0.15, 0.2) is 27.6 Å². The van der Waals surface area contributed by atoms with E-state index in [0.29, 0.717) is 0 Å². The van der Waals surface area contributed by atoms with E-state index < -0.39 is 0 Å². The number of halogens is 1. The molecule has 0 heterocycles. The van der Waals surface area contributed by atoms with E-state index in [1.54, 1.807) is 11.8 Å². The molecule has 14 heavy (non-hydrogen) atoms. The molecule has 0 radical (unpaired) electrons. The first-order valence-electron chi connectivity index (χ1n) is 4.61. The van der Waals surface area contributed by atoms with Crippen LogP contribution in [0.2, 0.25) is 0 Å². The predicted molar refractivity (Wildman–Crippen MR) is 64.5 cm³/mol. The minimum absolute atomic E-state index is 0.758. The summed E-state index contributed by atoms with van der Waals surface area (Å²) in [4.78, 5) is 1.08. The van der Waals surface area contributed by atoms with Gasteiger partial charge in [-0.1, -0.05) is 19.4 Å². The Bertz CT molecular complexity index is 344. The van der Waals surface area contributed by atoms with E-state index in [4.69, 9.17) is 5.26 Å². The lowest BCUT2D eigenvalue weighted by Gasteiger charge is -2.04. The van der Waals surface area contributed by atoms with Crippen molar-refractivity contribution in [3.05, 3.63) is 28.2 Å². The second-order valence-electron chi connectivity index (χ2n) is 2.93. The van der Waals surface area contributed by atoms with Crippen LogP contribution in [0.4, 0.5) is 0 Å². The molecule has 0 aliphatic rings. The summed E-state index contributed by atoms with van der Waals surface area (Å²) in [5, 5.41) is 8.96. The lowest BCUT2D eigenvalue weighted by atomic mass is 10.2. The molecule has 1 aromatic rings. The SMILES string of the molecule is CCCCSc1cccc(Br)c1C#N. The lowest BCUT2D eigenvalue weighted by Crippen LogP contribution is -1.85. The number of nitrogens with zero attached hydrogens (tertiary/aromatic N) is 1. The molecule has 0 amide bonds. The first-order valence-corrected chi connectivity index (χ1v) is 6.39. The molecular formula is C11H12BrNS. The van der Waals surface area contributed by atoms with Gasteiger partial charge >= 0.3 is 0 Å². The van der Waals surface area contributed by atoms with Crippen LogP contribution in [0.25, 0.3) is 0 Å². The largest absolute Gasteiger partial charge is 0.192 e. The van der Waals surface area contributed by atoms with Gasteiger partial charge in [0.05, 0.1) is 5.56 Å². The summed E-state index contributed by atoms with van der Waals surface area (Å²) in [6.45, 7) is 2.17. The Morgan fingerprint density at radius 2 is 2.29 bits per heavy atom. The van der Waals surface area contributed by atoms with Crippen LogP contribution in [0.5, 0.6) is 0 Å². The average molecular weight is 270 g/mol. The van der Waals surface area contributed by atoms with Crippen LogP contribution in [0.1, 0.15) is 25.3 Å². The minimum Gasteiger partial charge on any atom is -0.192 e. The lowest BCUT2D eigenvalue weighted by molar-refractivity contribution is 0.896. The number of rotatable bonds is 4. The van der Waals surface area contributed by atoms with Gasteiger partial charge in [0, 0.05) is 9.37 Å². The summed E-state index contributed by atoms with van der Waals surface area (Å²) >= 11 is 5.14. The van der Waals surface area contributed by atoms with E-state index in [9.17, 15) is 0 Å². The molecule has 1 aromatic carbocycles. The molecule has 0 saturated carbocycles. The van der Waals surface area contributed by atoms with Crippen molar-refractivity contribution in [1.29, 1.82) is 5.26 Å². The summed E-state index contributed by atoms with van der Waals surface area (Å²) < 4.78 is 0.890. The summed E-state index contributed by atoms with van der Waals surface area (Å²) in [5.41, 5.74) is 0.758. The Labute approximate surface area is 97.6 Å². The summed E-state index contributed by atoms with van der Waals surface area (Å²) in [6.07, 6.45) is 2.39. The second kappa shape index (κ2) is 6.10. The van der Waals surface area contributed by atoms with Crippen molar-refractivity contribution < 1.29 is 0 Å². The monoisotopic (exact) mass is 269 g/mol. The van der Waals surface area contributed by atoms with Crippen molar-refractivity contribution >= 4 is 27.7 Å². The number of unbranched alkanes of at least 4 members (excludes halogenated alkanes) is 1. The van der Waals surface area contributed by atoms with Crippen LogP contribution >= 0.6 is 27.7 Å². The smallest absolute Gasteiger partial charge is 0.101 e. The third kappa shape index (κ3) is 3.04. The maximum Gasteiger partial charge on any atom is 0.101 e. The molecular weight excluding hydrogens is 258 g/mol. The highest BCUT2D eigenvalue weighted by Crippen LogP contribution is 2.28. The normalized spacial score (nSPS) is 9.79. The van der Waals surface area contributed by atoms with Crippen molar-refractivity contribution in [3.8, 4) is 6.07 Å². The van der Waals surface area contributed by atoms with Gasteiger partial charge in [-0.15, -0.1) is 11.8 Å². The predicted octanol–water partition coefficient (Wildman–Crippen LogP) is 4.21. The van der Waals surface area contributed by atoms with Gasteiger partial charge in [0.1, 0.15) is 6.07 Å². The quantitative estimate of drug-likeness (QED) is 0.604. The van der Waals surface area contributed by atoms with Gasteiger partial charge in [0.25, 0.3) is 0 Å². The van der Waals surface area contributed by atoms with E-state index >= 15 is 0 Å². The molecule has 0 aliphatic heterocycles. The van der Waals surface area contributed by atoms with Crippen molar-refractivity contribution in [3.63, 3.8) is 0 Å². The molecule has 0 unspecified atom stereocenters. The fourth-order valence-electron chi connectivity index (χ4n) is 1.06. The first kappa shape index (κ1) is 11.6. The highest BCUT2D eigenvalue weighted by atomic mass is 79.9. The van der Waals surface area contributed by atoms with Crippen molar-refractivity contribution in [2.75, 3.05) is 5.75 Å².